The normalized spacial score (nSPS) is 10.8. The third kappa shape index (κ3) is 4.65. The fourth-order valence-electron chi connectivity index (χ4n) is 1.26. The van der Waals surface area contributed by atoms with Gasteiger partial charge in [-0.1, -0.05) is 43.1 Å². The van der Waals surface area contributed by atoms with Gasteiger partial charge in [-0.25, -0.2) is 4.31 Å². The standard InChI is InChI=1S/C11H17NOS/c1-13-9-5-8-12(14)10-11-6-3-2-4-7-11/h2-4,6-7,14H,5,8-10H2,1H3. The fraction of sp³-hybridized carbons (Fsp3) is 0.455. The summed E-state index contributed by atoms with van der Waals surface area (Å²) >= 11 is 4.39. The number of rotatable bonds is 6. The maximum Gasteiger partial charge on any atom is 0.0474 e. The van der Waals surface area contributed by atoms with Crippen molar-refractivity contribution >= 4 is 12.8 Å². The minimum absolute atomic E-state index is 0.797. The van der Waals surface area contributed by atoms with Crippen LogP contribution in [0, 0.1) is 0 Å². The third-order valence-corrected chi connectivity index (χ3v) is 2.31. The Hall–Kier alpha value is -0.510. The number of hydrogen-bond acceptors (Lipinski definition) is 3. The SMILES string of the molecule is COCCCN(S)Cc1ccccc1. The molecule has 0 bridgehead atoms. The molecule has 0 aliphatic carbocycles. The lowest BCUT2D eigenvalue weighted by atomic mass is 10.2. The minimum Gasteiger partial charge on any atom is -0.385 e. The van der Waals surface area contributed by atoms with E-state index in [1.165, 1.54) is 5.56 Å². The molecule has 14 heavy (non-hydrogen) atoms. The van der Waals surface area contributed by atoms with Gasteiger partial charge in [-0.05, 0) is 12.0 Å². The Morgan fingerprint density at radius 3 is 2.64 bits per heavy atom. The molecule has 0 N–H and O–H groups in total. The van der Waals surface area contributed by atoms with Crippen LogP contribution in [0.5, 0.6) is 0 Å². The Balaban J connectivity index is 2.23. The second-order valence-electron chi connectivity index (χ2n) is 3.22. The van der Waals surface area contributed by atoms with Crippen LogP contribution in [0.1, 0.15) is 12.0 Å². The zero-order chi connectivity index (χ0) is 10.2. The van der Waals surface area contributed by atoms with E-state index in [1.54, 1.807) is 7.11 Å². The van der Waals surface area contributed by atoms with Crippen molar-refractivity contribution in [2.45, 2.75) is 13.0 Å². The smallest absolute Gasteiger partial charge is 0.0474 e. The molecule has 0 spiro atoms. The van der Waals surface area contributed by atoms with Crippen LogP contribution in [-0.2, 0) is 11.3 Å². The van der Waals surface area contributed by atoms with Gasteiger partial charge in [0.1, 0.15) is 0 Å². The molecule has 0 amide bonds. The molecule has 1 aromatic carbocycles. The molecule has 2 nitrogen and oxygen atoms in total. The molecule has 0 aromatic heterocycles. The van der Waals surface area contributed by atoms with Crippen molar-refractivity contribution in [2.75, 3.05) is 20.3 Å². The van der Waals surface area contributed by atoms with Crippen molar-refractivity contribution in [2.24, 2.45) is 0 Å². The summed E-state index contributed by atoms with van der Waals surface area (Å²) in [5.41, 5.74) is 1.29. The molecule has 0 aliphatic rings. The molecule has 3 heteroatoms. The van der Waals surface area contributed by atoms with Gasteiger partial charge in [0.15, 0.2) is 0 Å². The predicted octanol–water partition coefficient (Wildman–Crippen LogP) is 2.37. The second kappa shape index (κ2) is 6.87. The summed E-state index contributed by atoms with van der Waals surface area (Å²) in [4.78, 5) is 0. The molecular formula is C11H17NOS. The first kappa shape index (κ1) is 11.6. The maximum absolute atomic E-state index is 4.98. The summed E-state index contributed by atoms with van der Waals surface area (Å²) in [6.07, 6.45) is 1.02. The summed E-state index contributed by atoms with van der Waals surface area (Å²) in [7, 11) is 1.72. The first-order valence-electron chi connectivity index (χ1n) is 4.79. The molecule has 0 saturated carbocycles. The van der Waals surface area contributed by atoms with Crippen LogP contribution in [0.25, 0.3) is 0 Å². The van der Waals surface area contributed by atoms with Gasteiger partial charge in [0, 0.05) is 26.8 Å². The lowest BCUT2D eigenvalue weighted by molar-refractivity contribution is 0.188. The largest absolute Gasteiger partial charge is 0.385 e. The van der Waals surface area contributed by atoms with Gasteiger partial charge in [0.25, 0.3) is 0 Å². The van der Waals surface area contributed by atoms with Gasteiger partial charge in [0.2, 0.25) is 0 Å². The van der Waals surface area contributed by atoms with Crippen molar-refractivity contribution < 1.29 is 4.74 Å². The van der Waals surface area contributed by atoms with Crippen LogP contribution in [0.15, 0.2) is 30.3 Å². The fourth-order valence-corrected chi connectivity index (χ4v) is 1.57. The van der Waals surface area contributed by atoms with Gasteiger partial charge in [-0.15, -0.1) is 0 Å². The summed E-state index contributed by atoms with van der Waals surface area (Å²) in [6.45, 7) is 2.63. The average molecular weight is 211 g/mol. The molecule has 0 fully saturated rings. The number of nitrogens with zero attached hydrogens (tertiary/aromatic N) is 1. The Labute approximate surface area is 91.4 Å². The highest BCUT2D eigenvalue weighted by Crippen LogP contribution is 2.06. The van der Waals surface area contributed by atoms with Crippen molar-refractivity contribution in [3.63, 3.8) is 0 Å². The monoisotopic (exact) mass is 211 g/mol. The minimum atomic E-state index is 0.797. The van der Waals surface area contributed by atoms with Crippen LogP contribution < -0.4 is 0 Å². The molecule has 0 aliphatic heterocycles. The van der Waals surface area contributed by atoms with E-state index in [9.17, 15) is 0 Å². The zero-order valence-electron chi connectivity index (χ0n) is 8.52. The third-order valence-electron chi connectivity index (χ3n) is 1.97. The Morgan fingerprint density at radius 1 is 1.29 bits per heavy atom. The number of benzene rings is 1. The van der Waals surface area contributed by atoms with E-state index in [-0.39, 0.29) is 0 Å². The number of thiol groups is 1. The second-order valence-corrected chi connectivity index (χ2v) is 3.79. The van der Waals surface area contributed by atoms with Crippen molar-refractivity contribution in [1.29, 1.82) is 0 Å². The van der Waals surface area contributed by atoms with E-state index in [1.807, 2.05) is 22.5 Å². The number of hydrogen-bond donors (Lipinski definition) is 1. The van der Waals surface area contributed by atoms with Crippen LogP contribution in [0.3, 0.4) is 0 Å². The van der Waals surface area contributed by atoms with E-state index in [0.717, 1.165) is 26.1 Å². The van der Waals surface area contributed by atoms with E-state index < -0.39 is 0 Å². The van der Waals surface area contributed by atoms with Crippen LogP contribution in [0.2, 0.25) is 0 Å². The lowest BCUT2D eigenvalue weighted by Crippen LogP contribution is -2.14. The molecule has 0 unspecified atom stereocenters. The molecule has 1 aromatic rings. The summed E-state index contributed by atoms with van der Waals surface area (Å²) < 4.78 is 6.99. The number of ether oxygens (including phenoxy) is 1. The molecule has 0 atom stereocenters. The topological polar surface area (TPSA) is 12.5 Å². The maximum atomic E-state index is 4.98. The molecule has 1 rings (SSSR count). The Morgan fingerprint density at radius 2 is 2.00 bits per heavy atom. The van der Waals surface area contributed by atoms with Crippen molar-refractivity contribution in [3.05, 3.63) is 35.9 Å². The van der Waals surface area contributed by atoms with E-state index >= 15 is 0 Å². The predicted molar refractivity (Wildman–Crippen MR) is 62.3 cm³/mol. The highest BCUT2D eigenvalue weighted by molar-refractivity contribution is 7.77. The molecular weight excluding hydrogens is 194 g/mol. The zero-order valence-corrected chi connectivity index (χ0v) is 9.41. The van der Waals surface area contributed by atoms with E-state index in [0.29, 0.717) is 0 Å². The molecule has 0 heterocycles. The van der Waals surface area contributed by atoms with Crippen molar-refractivity contribution in [3.8, 4) is 0 Å². The first-order chi connectivity index (χ1) is 6.83. The van der Waals surface area contributed by atoms with Gasteiger partial charge >= 0.3 is 0 Å². The van der Waals surface area contributed by atoms with E-state index in [2.05, 4.69) is 24.9 Å². The molecule has 0 radical (unpaired) electrons. The first-order valence-corrected chi connectivity index (χ1v) is 5.19. The summed E-state index contributed by atoms with van der Waals surface area (Å²) in [5.74, 6) is 0. The lowest BCUT2D eigenvalue weighted by Gasteiger charge is -2.14. The highest BCUT2D eigenvalue weighted by atomic mass is 32.1. The van der Waals surface area contributed by atoms with Crippen LogP contribution in [0.4, 0.5) is 0 Å². The van der Waals surface area contributed by atoms with E-state index in [4.69, 9.17) is 4.74 Å². The molecule has 78 valence electrons. The summed E-state index contributed by atoms with van der Waals surface area (Å²) in [5, 5.41) is 0. The highest BCUT2D eigenvalue weighted by Gasteiger charge is 1.99. The van der Waals surface area contributed by atoms with Gasteiger partial charge in [-0.2, -0.15) is 0 Å². The number of methoxy groups -OCH3 is 1. The Bertz CT molecular complexity index is 240. The van der Waals surface area contributed by atoms with Crippen LogP contribution in [-0.4, -0.2) is 24.6 Å². The summed E-state index contributed by atoms with van der Waals surface area (Å²) in [6, 6.07) is 10.3. The Kier molecular flexibility index (Phi) is 5.68. The van der Waals surface area contributed by atoms with Gasteiger partial charge in [0.05, 0.1) is 0 Å². The van der Waals surface area contributed by atoms with Gasteiger partial charge in [-0.3, -0.25) is 0 Å². The van der Waals surface area contributed by atoms with Crippen LogP contribution >= 0.6 is 12.8 Å². The quantitative estimate of drug-likeness (QED) is 0.573. The average Bonchev–Trinajstić information content (AvgIpc) is 2.20. The van der Waals surface area contributed by atoms with Gasteiger partial charge < -0.3 is 4.74 Å². The van der Waals surface area contributed by atoms with Crippen molar-refractivity contribution in [1.82, 2.24) is 4.31 Å². The molecule has 0 saturated heterocycles.